The van der Waals surface area contributed by atoms with E-state index < -0.39 is 5.97 Å². The van der Waals surface area contributed by atoms with Crippen LogP contribution in [0, 0.1) is 0 Å². The van der Waals surface area contributed by atoms with Crippen molar-refractivity contribution in [2.24, 2.45) is 0 Å². The van der Waals surface area contributed by atoms with Gasteiger partial charge in [0.15, 0.2) is 5.13 Å². The van der Waals surface area contributed by atoms with E-state index in [0.29, 0.717) is 10.9 Å². The number of carboxylic acids is 1. The van der Waals surface area contributed by atoms with E-state index in [4.69, 9.17) is 10.8 Å². The zero-order valence-electron chi connectivity index (χ0n) is 5.57. The number of anilines is 2. The Morgan fingerprint density at radius 3 is 3.09 bits per heavy atom. The molecule has 0 aliphatic rings. The Hall–Kier alpha value is -1.30. The molecule has 1 aromatic heterocycles. The summed E-state index contributed by atoms with van der Waals surface area (Å²) in [5.41, 5.74) is 5.30. The third-order valence-electron chi connectivity index (χ3n) is 0.943. The van der Waals surface area contributed by atoms with E-state index in [0.717, 1.165) is 0 Å². The molecule has 0 bridgehead atoms. The Balaban J connectivity index is 2.45. The third-order valence-corrected chi connectivity index (χ3v) is 1.62. The van der Waals surface area contributed by atoms with Gasteiger partial charge >= 0.3 is 5.97 Å². The van der Waals surface area contributed by atoms with Gasteiger partial charge in [0.1, 0.15) is 12.4 Å². The van der Waals surface area contributed by atoms with Crippen LogP contribution in [-0.2, 0) is 4.79 Å². The summed E-state index contributed by atoms with van der Waals surface area (Å²) >= 11 is 1.27. The van der Waals surface area contributed by atoms with E-state index in [9.17, 15) is 4.79 Å². The Morgan fingerprint density at radius 2 is 2.64 bits per heavy atom. The molecule has 0 aromatic carbocycles. The lowest BCUT2D eigenvalue weighted by Gasteiger charge is -1.95. The SMILES string of the molecule is Nc1nc(NCC(=O)O)cs1. The van der Waals surface area contributed by atoms with Crippen LogP contribution >= 0.6 is 11.3 Å². The largest absolute Gasteiger partial charge is 0.480 e. The van der Waals surface area contributed by atoms with Crippen molar-refractivity contribution in [3.8, 4) is 0 Å². The summed E-state index contributed by atoms with van der Waals surface area (Å²) in [6.45, 7) is -0.136. The molecule has 4 N–H and O–H groups in total. The molecule has 0 aliphatic carbocycles. The molecule has 1 rings (SSSR count). The average Bonchev–Trinajstić information content (AvgIpc) is 2.31. The van der Waals surface area contributed by atoms with Crippen molar-refractivity contribution in [3.63, 3.8) is 0 Å². The quantitative estimate of drug-likeness (QED) is 0.608. The van der Waals surface area contributed by atoms with Crippen LogP contribution in [0.1, 0.15) is 0 Å². The van der Waals surface area contributed by atoms with Gasteiger partial charge in [-0.25, -0.2) is 4.98 Å². The van der Waals surface area contributed by atoms with Crippen molar-refractivity contribution in [1.29, 1.82) is 0 Å². The first kappa shape index (κ1) is 7.80. The summed E-state index contributed by atoms with van der Waals surface area (Å²) < 4.78 is 0. The number of nitrogens with two attached hydrogens (primary N) is 1. The number of nitrogens with one attached hydrogen (secondary N) is 1. The number of hydrogen-bond acceptors (Lipinski definition) is 5. The highest BCUT2D eigenvalue weighted by Gasteiger charge is 1.99. The van der Waals surface area contributed by atoms with Gasteiger partial charge in [0.05, 0.1) is 0 Å². The molecule has 5 nitrogen and oxygen atoms in total. The number of thiazole rings is 1. The summed E-state index contributed by atoms with van der Waals surface area (Å²) in [5, 5.41) is 12.9. The highest BCUT2D eigenvalue weighted by molar-refractivity contribution is 7.13. The number of carbonyl (C=O) groups is 1. The maximum absolute atomic E-state index is 10.1. The molecular formula is C5H7N3O2S. The number of nitrogens with zero attached hydrogens (tertiary/aromatic N) is 1. The first-order chi connectivity index (χ1) is 5.18. The van der Waals surface area contributed by atoms with Crippen molar-refractivity contribution < 1.29 is 9.90 Å². The highest BCUT2D eigenvalue weighted by atomic mass is 32.1. The fourth-order valence-corrected chi connectivity index (χ4v) is 1.05. The Kier molecular flexibility index (Phi) is 2.27. The molecule has 11 heavy (non-hydrogen) atoms. The molecular weight excluding hydrogens is 166 g/mol. The molecule has 0 saturated carbocycles. The summed E-state index contributed by atoms with van der Waals surface area (Å²) in [5.74, 6) is -0.411. The molecule has 0 radical (unpaired) electrons. The van der Waals surface area contributed by atoms with E-state index in [2.05, 4.69) is 10.3 Å². The van der Waals surface area contributed by atoms with Gasteiger partial charge in [-0.05, 0) is 0 Å². The maximum Gasteiger partial charge on any atom is 0.322 e. The summed E-state index contributed by atoms with van der Waals surface area (Å²) in [4.78, 5) is 13.9. The van der Waals surface area contributed by atoms with Gasteiger partial charge in [0.25, 0.3) is 0 Å². The zero-order valence-corrected chi connectivity index (χ0v) is 6.39. The maximum atomic E-state index is 10.1. The van der Waals surface area contributed by atoms with Crippen LogP contribution in [0.25, 0.3) is 0 Å². The zero-order chi connectivity index (χ0) is 8.27. The van der Waals surface area contributed by atoms with Crippen molar-refractivity contribution in [3.05, 3.63) is 5.38 Å². The lowest BCUT2D eigenvalue weighted by Crippen LogP contribution is -2.12. The topological polar surface area (TPSA) is 88.2 Å². The summed E-state index contributed by atoms with van der Waals surface area (Å²) in [7, 11) is 0. The van der Waals surface area contributed by atoms with Crippen LogP contribution in [0.4, 0.5) is 10.9 Å². The Morgan fingerprint density at radius 1 is 1.91 bits per heavy atom. The van der Waals surface area contributed by atoms with E-state index in [1.54, 1.807) is 5.38 Å². The number of hydrogen-bond donors (Lipinski definition) is 3. The second kappa shape index (κ2) is 3.20. The number of aliphatic carboxylic acids is 1. The van der Waals surface area contributed by atoms with E-state index >= 15 is 0 Å². The van der Waals surface area contributed by atoms with E-state index in [-0.39, 0.29) is 6.54 Å². The fourth-order valence-electron chi connectivity index (χ4n) is 0.535. The lowest BCUT2D eigenvalue weighted by atomic mass is 10.6. The van der Waals surface area contributed by atoms with Gasteiger partial charge < -0.3 is 16.2 Å². The molecule has 0 amide bonds. The predicted molar refractivity (Wildman–Crippen MR) is 42.7 cm³/mol. The van der Waals surface area contributed by atoms with Gasteiger partial charge in [-0.3, -0.25) is 4.79 Å². The highest BCUT2D eigenvalue weighted by Crippen LogP contribution is 2.14. The minimum Gasteiger partial charge on any atom is -0.480 e. The average molecular weight is 173 g/mol. The molecule has 6 heteroatoms. The lowest BCUT2D eigenvalue weighted by molar-refractivity contribution is -0.134. The fraction of sp³-hybridized carbons (Fsp3) is 0.200. The normalized spacial score (nSPS) is 9.45. The van der Waals surface area contributed by atoms with Crippen molar-refractivity contribution in [1.82, 2.24) is 4.98 Å². The van der Waals surface area contributed by atoms with Gasteiger partial charge in [-0.2, -0.15) is 0 Å². The van der Waals surface area contributed by atoms with Gasteiger partial charge in [0.2, 0.25) is 0 Å². The number of aromatic nitrogens is 1. The molecule has 0 spiro atoms. The van der Waals surface area contributed by atoms with Crippen LogP contribution in [0.2, 0.25) is 0 Å². The molecule has 0 fully saturated rings. The van der Waals surface area contributed by atoms with Crippen LogP contribution in [0.5, 0.6) is 0 Å². The molecule has 0 atom stereocenters. The van der Waals surface area contributed by atoms with E-state index in [1.165, 1.54) is 11.3 Å². The smallest absolute Gasteiger partial charge is 0.322 e. The van der Waals surface area contributed by atoms with Gasteiger partial charge in [-0.1, -0.05) is 0 Å². The monoisotopic (exact) mass is 173 g/mol. The predicted octanol–water partition coefficient (Wildman–Crippen LogP) is 0.222. The second-order valence-corrected chi connectivity index (χ2v) is 2.71. The van der Waals surface area contributed by atoms with Crippen molar-refractivity contribution in [2.45, 2.75) is 0 Å². The standard InChI is InChI=1S/C5H7N3O2S/c6-5-8-3(2-11-5)7-1-4(9)10/h2,7H,1H2,(H2,6,8)(H,9,10). The number of carboxylic acid groups (broad SMARTS) is 1. The first-order valence-corrected chi connectivity index (χ1v) is 3.73. The molecule has 0 aliphatic heterocycles. The molecule has 1 heterocycles. The first-order valence-electron chi connectivity index (χ1n) is 2.85. The van der Waals surface area contributed by atoms with Crippen molar-refractivity contribution >= 4 is 28.3 Å². The van der Waals surface area contributed by atoms with Crippen LogP contribution in [-0.4, -0.2) is 22.6 Å². The Labute approximate surface area is 66.9 Å². The number of rotatable bonds is 3. The molecule has 0 saturated heterocycles. The third kappa shape index (κ3) is 2.42. The minimum absolute atomic E-state index is 0.136. The number of nitrogen functional groups attached to an aromatic ring is 1. The van der Waals surface area contributed by atoms with Crippen LogP contribution in [0.3, 0.4) is 0 Å². The van der Waals surface area contributed by atoms with Gasteiger partial charge in [0, 0.05) is 5.38 Å². The van der Waals surface area contributed by atoms with E-state index in [1.807, 2.05) is 0 Å². The molecule has 0 unspecified atom stereocenters. The molecule has 1 aromatic rings. The Bertz CT molecular complexity index is 260. The van der Waals surface area contributed by atoms with Gasteiger partial charge in [-0.15, -0.1) is 11.3 Å². The van der Waals surface area contributed by atoms with Crippen LogP contribution < -0.4 is 11.1 Å². The minimum atomic E-state index is -0.920. The summed E-state index contributed by atoms with van der Waals surface area (Å²) in [6, 6.07) is 0. The second-order valence-electron chi connectivity index (χ2n) is 1.82. The molecule has 60 valence electrons. The van der Waals surface area contributed by atoms with Crippen molar-refractivity contribution in [2.75, 3.05) is 17.6 Å². The van der Waals surface area contributed by atoms with Crippen LogP contribution in [0.15, 0.2) is 5.38 Å². The summed E-state index contributed by atoms with van der Waals surface area (Å²) in [6.07, 6.45) is 0.